The van der Waals surface area contributed by atoms with E-state index in [1.165, 1.54) is 37.3 Å². The van der Waals surface area contributed by atoms with Gasteiger partial charge < -0.3 is 18.9 Å². The molecule has 3 aliphatic rings. The van der Waals surface area contributed by atoms with E-state index in [4.69, 9.17) is 18.9 Å². The summed E-state index contributed by atoms with van der Waals surface area (Å²) < 4.78 is 21.5. The molecule has 3 aliphatic heterocycles. The Hall–Kier alpha value is -3.53. The molecular formula is C22H21NO9. The van der Waals surface area contributed by atoms with Crippen LogP contribution >= 0.6 is 0 Å². The van der Waals surface area contributed by atoms with Crippen LogP contribution in [0.1, 0.15) is 27.7 Å². The second-order valence-electron chi connectivity index (χ2n) is 8.08. The van der Waals surface area contributed by atoms with Crippen molar-refractivity contribution in [3.8, 4) is 5.75 Å². The predicted molar refractivity (Wildman–Crippen MR) is 106 cm³/mol. The molecule has 0 aromatic heterocycles. The van der Waals surface area contributed by atoms with Crippen molar-refractivity contribution in [2.24, 2.45) is 11.8 Å². The summed E-state index contributed by atoms with van der Waals surface area (Å²) >= 11 is 0. The summed E-state index contributed by atoms with van der Waals surface area (Å²) in [6.45, 7) is 5.17. The molecule has 1 aromatic carbocycles. The Morgan fingerprint density at radius 1 is 0.906 bits per heavy atom. The number of fused-ring (bicyclic) bond motifs is 5. The first kappa shape index (κ1) is 21.7. The largest absolute Gasteiger partial charge is 0.427 e. The molecule has 0 saturated carbocycles. The zero-order valence-corrected chi connectivity index (χ0v) is 17.8. The molecule has 0 N–H and O–H groups in total. The van der Waals surface area contributed by atoms with E-state index in [-0.39, 0.29) is 11.4 Å². The van der Waals surface area contributed by atoms with Crippen LogP contribution in [0.15, 0.2) is 36.4 Å². The lowest BCUT2D eigenvalue weighted by atomic mass is 9.72. The van der Waals surface area contributed by atoms with Gasteiger partial charge in [0.2, 0.25) is 11.8 Å². The average molecular weight is 443 g/mol. The van der Waals surface area contributed by atoms with E-state index in [2.05, 4.69) is 0 Å². The Morgan fingerprint density at radius 2 is 1.47 bits per heavy atom. The lowest BCUT2D eigenvalue weighted by Crippen LogP contribution is -2.52. The fourth-order valence-corrected chi connectivity index (χ4v) is 4.65. The van der Waals surface area contributed by atoms with Gasteiger partial charge in [0.1, 0.15) is 5.75 Å². The number of ether oxygens (including phenoxy) is 4. The zero-order valence-electron chi connectivity index (χ0n) is 17.8. The molecule has 3 heterocycles. The van der Waals surface area contributed by atoms with Crippen molar-refractivity contribution in [3.05, 3.63) is 36.4 Å². The van der Waals surface area contributed by atoms with E-state index in [1.54, 1.807) is 13.0 Å². The number of rotatable bonds is 5. The first-order chi connectivity index (χ1) is 15.0. The van der Waals surface area contributed by atoms with E-state index in [0.717, 1.165) is 18.7 Å². The van der Waals surface area contributed by atoms with Gasteiger partial charge in [0.25, 0.3) is 6.29 Å². The summed E-state index contributed by atoms with van der Waals surface area (Å²) in [7, 11) is 0. The number of carbonyl (C=O) groups is 5. The van der Waals surface area contributed by atoms with Crippen LogP contribution in [0.5, 0.6) is 5.75 Å². The van der Waals surface area contributed by atoms with Crippen LogP contribution in [0.25, 0.3) is 0 Å². The van der Waals surface area contributed by atoms with Gasteiger partial charge in [0.05, 0.1) is 23.1 Å². The van der Waals surface area contributed by atoms with Crippen molar-refractivity contribution in [2.45, 2.75) is 45.2 Å². The predicted octanol–water partition coefficient (Wildman–Crippen LogP) is 1.27. The third-order valence-corrected chi connectivity index (χ3v) is 5.75. The highest BCUT2D eigenvalue weighted by atomic mass is 16.7. The normalized spacial score (nSPS) is 30.0. The second-order valence-corrected chi connectivity index (χ2v) is 8.08. The molecule has 4 rings (SSSR count). The number of hydrogen-bond donors (Lipinski definition) is 0. The third-order valence-electron chi connectivity index (χ3n) is 5.75. The van der Waals surface area contributed by atoms with Crippen LogP contribution in [-0.4, -0.2) is 47.2 Å². The number of esters is 3. The van der Waals surface area contributed by atoms with Crippen LogP contribution in [0.4, 0.5) is 5.69 Å². The number of benzene rings is 1. The molecule has 1 aromatic rings. The summed E-state index contributed by atoms with van der Waals surface area (Å²) in [6, 6.07) is 5.89. The number of imide groups is 1. The molecule has 2 bridgehead atoms. The minimum atomic E-state index is -1.64. The van der Waals surface area contributed by atoms with Gasteiger partial charge in [-0.05, 0) is 37.3 Å². The molecule has 10 heteroatoms. The molecule has 0 aliphatic carbocycles. The molecular weight excluding hydrogens is 422 g/mol. The zero-order chi connectivity index (χ0) is 23.4. The Balaban J connectivity index is 1.72. The third kappa shape index (κ3) is 3.18. The Morgan fingerprint density at radius 3 is 2.00 bits per heavy atom. The lowest BCUT2D eigenvalue weighted by molar-refractivity contribution is -0.231. The fraction of sp³-hybridized carbons (Fsp3) is 0.409. The number of nitrogens with zero attached hydrogens (tertiary/aromatic N) is 1. The van der Waals surface area contributed by atoms with Crippen LogP contribution in [0.2, 0.25) is 0 Å². The van der Waals surface area contributed by atoms with Gasteiger partial charge >= 0.3 is 17.9 Å². The molecule has 2 amide bonds. The average Bonchev–Trinajstić information content (AvgIpc) is 3.27. The van der Waals surface area contributed by atoms with Gasteiger partial charge in [-0.25, -0.2) is 4.90 Å². The van der Waals surface area contributed by atoms with Crippen LogP contribution in [0, 0.1) is 11.8 Å². The highest BCUT2D eigenvalue weighted by molar-refractivity contribution is 6.23. The summed E-state index contributed by atoms with van der Waals surface area (Å²) in [5.74, 6) is -4.81. The summed E-state index contributed by atoms with van der Waals surface area (Å²) in [4.78, 5) is 62.4. The van der Waals surface area contributed by atoms with E-state index in [0.29, 0.717) is 0 Å². The molecule has 2 fully saturated rings. The van der Waals surface area contributed by atoms with Crippen molar-refractivity contribution in [3.63, 3.8) is 0 Å². The first-order valence-corrected chi connectivity index (χ1v) is 9.90. The van der Waals surface area contributed by atoms with Gasteiger partial charge in [0, 0.05) is 20.8 Å². The maximum atomic E-state index is 13.5. The van der Waals surface area contributed by atoms with Gasteiger partial charge in [-0.1, -0.05) is 6.08 Å². The highest BCUT2D eigenvalue weighted by Gasteiger charge is 2.75. The minimum absolute atomic E-state index is 0.263. The molecule has 10 nitrogen and oxygen atoms in total. The SMILES string of the molecule is CC(=O)Oc1ccc(N2C(=O)[C@@H]3[C@H](C2=O)[C@@]2(C)C=C[C@]3(C(OC(C)=O)OC(C)=O)O2)cc1. The number of carbonyl (C=O) groups excluding carboxylic acids is 5. The van der Waals surface area contributed by atoms with Crippen molar-refractivity contribution < 1.29 is 42.9 Å². The van der Waals surface area contributed by atoms with Crippen molar-refractivity contribution >= 4 is 35.4 Å². The van der Waals surface area contributed by atoms with Gasteiger partial charge in [0.15, 0.2) is 5.60 Å². The van der Waals surface area contributed by atoms with Crippen molar-refractivity contribution in [1.82, 2.24) is 0 Å². The molecule has 168 valence electrons. The molecule has 32 heavy (non-hydrogen) atoms. The molecule has 2 saturated heterocycles. The smallest absolute Gasteiger partial charge is 0.308 e. The number of amides is 2. The topological polar surface area (TPSA) is 126 Å². The van der Waals surface area contributed by atoms with Crippen molar-refractivity contribution in [2.75, 3.05) is 4.90 Å². The monoisotopic (exact) mass is 443 g/mol. The van der Waals surface area contributed by atoms with Gasteiger partial charge in [-0.3, -0.25) is 24.0 Å². The molecule has 0 radical (unpaired) electrons. The molecule has 0 spiro atoms. The quantitative estimate of drug-likeness (QED) is 0.217. The maximum absolute atomic E-state index is 13.5. The summed E-state index contributed by atoms with van der Waals surface area (Å²) in [5.41, 5.74) is -2.53. The summed E-state index contributed by atoms with van der Waals surface area (Å²) in [5, 5.41) is 0. The van der Waals surface area contributed by atoms with Crippen molar-refractivity contribution in [1.29, 1.82) is 0 Å². The Kier molecular flexibility index (Phi) is 4.93. The lowest BCUT2D eigenvalue weighted by Gasteiger charge is -2.34. The van der Waals surface area contributed by atoms with E-state index in [9.17, 15) is 24.0 Å². The fourth-order valence-electron chi connectivity index (χ4n) is 4.65. The van der Waals surface area contributed by atoms with Crippen LogP contribution < -0.4 is 9.64 Å². The minimum Gasteiger partial charge on any atom is -0.427 e. The van der Waals surface area contributed by atoms with Gasteiger partial charge in [-0.2, -0.15) is 0 Å². The van der Waals surface area contributed by atoms with E-state index < -0.39 is 59.1 Å². The van der Waals surface area contributed by atoms with E-state index >= 15 is 0 Å². The van der Waals surface area contributed by atoms with Crippen LogP contribution in [-0.2, 0) is 38.2 Å². The van der Waals surface area contributed by atoms with Crippen LogP contribution in [0.3, 0.4) is 0 Å². The molecule has 0 unspecified atom stereocenters. The Bertz CT molecular complexity index is 1050. The van der Waals surface area contributed by atoms with E-state index in [1.807, 2.05) is 0 Å². The molecule has 4 atom stereocenters. The maximum Gasteiger partial charge on any atom is 0.308 e. The standard InChI is InChI=1S/C22H21NO9/c1-11(24)29-15-7-5-14(6-8-15)23-18(27)16-17(19(23)28)22(10-9-21(16,4)32-22)20(30-12(2)25)31-13(3)26/h5-10,16-17,20H,1-4H3/t16-,17+,21-,22+/m1/s1. The highest BCUT2D eigenvalue weighted by Crippen LogP contribution is 2.59. The Labute approximate surface area is 183 Å². The first-order valence-electron chi connectivity index (χ1n) is 9.90. The van der Waals surface area contributed by atoms with Gasteiger partial charge in [-0.15, -0.1) is 0 Å². The summed E-state index contributed by atoms with van der Waals surface area (Å²) in [6.07, 6.45) is 1.59. The second kappa shape index (κ2) is 7.27. The number of hydrogen-bond acceptors (Lipinski definition) is 9. The number of anilines is 1.